The maximum absolute atomic E-state index is 13.4. The highest BCUT2D eigenvalue weighted by atomic mass is 79.9. The van der Waals surface area contributed by atoms with E-state index >= 15 is 0 Å². The standard InChI is InChI=1S/C23H21BrN4O3/c1-13-17(21(29)26-16-10-5-4-6-11-16)18(14-8-7-9-15(24)12-14)19-20(25-13)27(2)23(31)28(3)22(19)30/h4-12,18,25H,1-3H3,(H,26,29)/t18-/m0/s1. The molecule has 7 nitrogen and oxygen atoms in total. The Bertz CT molecular complexity index is 1340. The van der Waals surface area contributed by atoms with Gasteiger partial charge in [-0.2, -0.15) is 0 Å². The molecule has 31 heavy (non-hydrogen) atoms. The molecule has 8 heteroatoms. The van der Waals surface area contributed by atoms with Gasteiger partial charge in [-0.05, 0) is 36.8 Å². The highest BCUT2D eigenvalue weighted by Gasteiger charge is 2.36. The summed E-state index contributed by atoms with van der Waals surface area (Å²) in [4.78, 5) is 39.1. The van der Waals surface area contributed by atoms with E-state index in [4.69, 9.17) is 0 Å². The van der Waals surface area contributed by atoms with E-state index in [0.717, 1.165) is 14.6 Å². The molecule has 1 atom stereocenters. The lowest BCUT2D eigenvalue weighted by Gasteiger charge is -2.31. The molecule has 1 amide bonds. The Kier molecular flexibility index (Phi) is 5.41. The Balaban J connectivity index is 1.96. The SMILES string of the molecule is CC1=C(C(=O)Nc2ccccc2)[C@H](c2cccc(Br)c2)c2c(n(C)c(=O)n(C)c2=O)N1. The van der Waals surface area contributed by atoms with E-state index in [-0.39, 0.29) is 5.91 Å². The zero-order valence-electron chi connectivity index (χ0n) is 17.3. The van der Waals surface area contributed by atoms with Crippen molar-refractivity contribution in [3.8, 4) is 0 Å². The summed E-state index contributed by atoms with van der Waals surface area (Å²) in [7, 11) is 3.05. The molecule has 158 valence electrons. The van der Waals surface area contributed by atoms with Crippen LogP contribution in [0.5, 0.6) is 0 Å². The lowest BCUT2D eigenvalue weighted by molar-refractivity contribution is -0.113. The molecule has 0 aliphatic carbocycles. The molecule has 3 aromatic rings. The van der Waals surface area contributed by atoms with Crippen molar-refractivity contribution in [1.82, 2.24) is 9.13 Å². The van der Waals surface area contributed by atoms with Crippen molar-refractivity contribution in [3.63, 3.8) is 0 Å². The number of carbonyl (C=O) groups is 1. The Morgan fingerprint density at radius 2 is 1.74 bits per heavy atom. The topological polar surface area (TPSA) is 85.1 Å². The molecule has 1 aromatic heterocycles. The number of amides is 1. The van der Waals surface area contributed by atoms with Crippen molar-refractivity contribution in [3.05, 3.63) is 102 Å². The Morgan fingerprint density at radius 3 is 2.42 bits per heavy atom. The van der Waals surface area contributed by atoms with Crippen LogP contribution in [0.1, 0.15) is 24.0 Å². The number of aromatic nitrogens is 2. The van der Waals surface area contributed by atoms with Gasteiger partial charge in [-0.1, -0.05) is 46.3 Å². The van der Waals surface area contributed by atoms with Crippen LogP contribution in [-0.4, -0.2) is 15.0 Å². The van der Waals surface area contributed by atoms with E-state index in [2.05, 4.69) is 26.6 Å². The number of allylic oxidation sites excluding steroid dienone is 1. The molecule has 0 radical (unpaired) electrons. The zero-order valence-corrected chi connectivity index (χ0v) is 18.9. The molecular formula is C23H21BrN4O3. The van der Waals surface area contributed by atoms with E-state index in [9.17, 15) is 14.4 Å². The van der Waals surface area contributed by atoms with Gasteiger partial charge in [0, 0.05) is 35.5 Å². The van der Waals surface area contributed by atoms with Crippen molar-refractivity contribution in [2.75, 3.05) is 10.6 Å². The minimum Gasteiger partial charge on any atom is -0.344 e. The number of nitrogens with one attached hydrogen (secondary N) is 2. The fourth-order valence-corrected chi connectivity index (χ4v) is 4.35. The van der Waals surface area contributed by atoms with E-state index < -0.39 is 17.2 Å². The monoisotopic (exact) mass is 480 g/mol. The van der Waals surface area contributed by atoms with Crippen molar-refractivity contribution in [1.29, 1.82) is 0 Å². The number of fused-ring (bicyclic) bond motifs is 1. The van der Waals surface area contributed by atoms with Crippen LogP contribution in [-0.2, 0) is 18.9 Å². The van der Waals surface area contributed by atoms with Gasteiger partial charge in [0.1, 0.15) is 5.82 Å². The largest absolute Gasteiger partial charge is 0.344 e. The van der Waals surface area contributed by atoms with E-state index in [1.54, 1.807) is 26.1 Å². The second kappa shape index (κ2) is 8.03. The van der Waals surface area contributed by atoms with Gasteiger partial charge in [-0.25, -0.2) is 4.79 Å². The first-order valence-corrected chi connectivity index (χ1v) is 10.5. The fraction of sp³-hybridized carbons (Fsp3) is 0.174. The van der Waals surface area contributed by atoms with Crippen LogP contribution < -0.4 is 21.9 Å². The van der Waals surface area contributed by atoms with E-state index in [1.165, 1.54) is 11.6 Å². The second-order valence-electron chi connectivity index (χ2n) is 7.44. The van der Waals surface area contributed by atoms with Gasteiger partial charge < -0.3 is 10.6 Å². The van der Waals surface area contributed by atoms with Crippen LogP contribution in [0.3, 0.4) is 0 Å². The average Bonchev–Trinajstić information content (AvgIpc) is 2.76. The maximum atomic E-state index is 13.4. The van der Waals surface area contributed by atoms with E-state index in [1.807, 2.05) is 42.5 Å². The molecule has 1 aliphatic rings. The number of hydrogen-bond acceptors (Lipinski definition) is 4. The summed E-state index contributed by atoms with van der Waals surface area (Å²) < 4.78 is 3.29. The van der Waals surface area contributed by atoms with Crippen LogP contribution in [0, 0.1) is 0 Å². The highest BCUT2D eigenvalue weighted by Crippen LogP contribution is 2.40. The minimum absolute atomic E-state index is 0.317. The number of carbonyl (C=O) groups excluding carboxylic acids is 1. The predicted octanol–water partition coefficient (Wildman–Crippen LogP) is 3.32. The number of nitrogens with zero attached hydrogens (tertiary/aromatic N) is 2. The van der Waals surface area contributed by atoms with Crippen molar-refractivity contribution in [2.45, 2.75) is 12.8 Å². The molecule has 0 saturated heterocycles. The normalized spacial score (nSPS) is 15.3. The molecule has 2 heterocycles. The van der Waals surface area contributed by atoms with Gasteiger partial charge in [0.25, 0.3) is 11.5 Å². The Labute approximate surface area is 187 Å². The van der Waals surface area contributed by atoms with Gasteiger partial charge in [0.05, 0.1) is 11.5 Å². The quantitative estimate of drug-likeness (QED) is 0.601. The van der Waals surface area contributed by atoms with Gasteiger partial charge >= 0.3 is 5.69 Å². The first-order chi connectivity index (χ1) is 14.8. The van der Waals surface area contributed by atoms with Crippen LogP contribution in [0.2, 0.25) is 0 Å². The van der Waals surface area contributed by atoms with Gasteiger partial charge in [-0.15, -0.1) is 0 Å². The first-order valence-electron chi connectivity index (χ1n) is 9.69. The van der Waals surface area contributed by atoms with Gasteiger partial charge in [-0.3, -0.25) is 18.7 Å². The maximum Gasteiger partial charge on any atom is 0.332 e. The van der Waals surface area contributed by atoms with Crippen LogP contribution in [0.25, 0.3) is 0 Å². The number of halogens is 1. The summed E-state index contributed by atoms with van der Waals surface area (Å²) in [6.07, 6.45) is 0. The predicted molar refractivity (Wildman–Crippen MR) is 124 cm³/mol. The third-order valence-corrected chi connectivity index (χ3v) is 5.94. The minimum atomic E-state index is -0.650. The lowest BCUT2D eigenvalue weighted by atomic mass is 9.81. The van der Waals surface area contributed by atoms with Gasteiger partial charge in [0.15, 0.2) is 0 Å². The van der Waals surface area contributed by atoms with Crippen molar-refractivity contribution < 1.29 is 4.79 Å². The number of rotatable bonds is 3. The van der Waals surface area contributed by atoms with Gasteiger partial charge in [0.2, 0.25) is 0 Å². The lowest BCUT2D eigenvalue weighted by Crippen LogP contribution is -2.43. The smallest absolute Gasteiger partial charge is 0.332 e. The molecule has 0 bridgehead atoms. The Hall–Kier alpha value is -3.39. The summed E-state index contributed by atoms with van der Waals surface area (Å²) in [5.74, 6) is -0.572. The molecule has 0 spiro atoms. The fourth-order valence-electron chi connectivity index (χ4n) is 3.93. The number of para-hydroxylation sites is 1. The molecule has 2 aromatic carbocycles. The average molecular weight is 481 g/mol. The molecule has 4 rings (SSSR count). The van der Waals surface area contributed by atoms with Crippen LogP contribution in [0.4, 0.5) is 11.5 Å². The molecule has 2 N–H and O–H groups in total. The van der Waals surface area contributed by atoms with Crippen LogP contribution >= 0.6 is 15.9 Å². The summed E-state index contributed by atoms with van der Waals surface area (Å²) in [6.45, 7) is 1.77. The molecule has 0 unspecified atom stereocenters. The summed E-state index contributed by atoms with van der Waals surface area (Å²) in [6, 6.07) is 16.6. The van der Waals surface area contributed by atoms with Crippen LogP contribution in [0.15, 0.2) is 79.9 Å². The number of hydrogen-bond donors (Lipinski definition) is 2. The number of anilines is 2. The van der Waals surface area contributed by atoms with Crippen molar-refractivity contribution >= 4 is 33.3 Å². The molecule has 0 saturated carbocycles. The molecular weight excluding hydrogens is 460 g/mol. The third-order valence-electron chi connectivity index (χ3n) is 5.44. The van der Waals surface area contributed by atoms with E-state index in [0.29, 0.717) is 28.3 Å². The zero-order chi connectivity index (χ0) is 22.3. The Morgan fingerprint density at radius 1 is 1.03 bits per heavy atom. The molecule has 1 aliphatic heterocycles. The second-order valence-corrected chi connectivity index (χ2v) is 8.36. The number of benzene rings is 2. The third kappa shape index (κ3) is 3.63. The summed E-state index contributed by atoms with van der Waals surface area (Å²) >= 11 is 3.48. The summed E-state index contributed by atoms with van der Waals surface area (Å²) in [5.41, 5.74) is 1.90. The highest BCUT2D eigenvalue weighted by molar-refractivity contribution is 9.10. The van der Waals surface area contributed by atoms with Crippen molar-refractivity contribution in [2.24, 2.45) is 14.1 Å². The summed E-state index contributed by atoms with van der Waals surface area (Å²) in [5, 5.41) is 6.05. The molecule has 0 fully saturated rings. The first kappa shape index (κ1) is 20.9.